The van der Waals surface area contributed by atoms with Crippen LogP contribution in [0, 0.1) is 0 Å². The Morgan fingerprint density at radius 3 is 2.14 bits per heavy atom. The van der Waals surface area contributed by atoms with Gasteiger partial charge in [0.25, 0.3) is 0 Å². The molecule has 0 aromatic heterocycles. The van der Waals surface area contributed by atoms with Gasteiger partial charge in [-0.3, -0.25) is 0 Å². The Morgan fingerprint density at radius 2 is 1.51 bits per heavy atom. The number of halogens is 1. The summed E-state index contributed by atoms with van der Waals surface area (Å²) < 4.78 is 18.1. The van der Waals surface area contributed by atoms with Crippen LogP contribution in [-0.2, 0) is 0 Å². The smallest absolute Gasteiger partial charge is 0.127 e. The topological polar surface area (TPSA) is 30.9 Å². The van der Waals surface area contributed by atoms with Crippen LogP contribution >= 0.6 is 12.4 Å². The zero-order valence-corrected chi connectivity index (χ0v) is 22.3. The third kappa shape index (κ3) is 5.94. The Hall–Kier alpha value is -2.69. The van der Waals surface area contributed by atoms with Crippen LogP contribution in [0.5, 0.6) is 17.2 Å². The van der Waals surface area contributed by atoms with Crippen LogP contribution in [0.4, 0.5) is 0 Å². The molecular weight excluding hydrogens is 458 g/mol. The standard InChI is InChI=1S/C30H37NO3.ClH/c1-6-31(7-2)19-20-33-24-15-13-22(14-16-24)28-26-18-17-25(32-5)21-27(26)34-30(3,4)29(28)23-11-9-8-10-12-23;/h8-18,21,28-29H,6-7,19-20H2,1-5H3;1H/t28-,29+;/m1./s1. The molecule has 2 atom stereocenters. The minimum Gasteiger partial charge on any atom is -0.497 e. The summed E-state index contributed by atoms with van der Waals surface area (Å²) in [5.41, 5.74) is 3.32. The van der Waals surface area contributed by atoms with Gasteiger partial charge in [-0.05, 0) is 56.3 Å². The highest BCUT2D eigenvalue weighted by atomic mass is 35.5. The summed E-state index contributed by atoms with van der Waals surface area (Å²) in [4.78, 5) is 2.37. The molecule has 0 bridgehead atoms. The van der Waals surface area contributed by atoms with Gasteiger partial charge in [0, 0.05) is 30.0 Å². The number of fused-ring (bicyclic) bond motifs is 1. The van der Waals surface area contributed by atoms with Crippen molar-refractivity contribution in [3.05, 3.63) is 89.5 Å². The number of benzene rings is 3. The molecule has 4 nitrogen and oxygen atoms in total. The lowest BCUT2D eigenvalue weighted by Crippen LogP contribution is -2.43. The fraction of sp³-hybridized carbons (Fsp3) is 0.400. The normalized spacial score (nSPS) is 18.2. The van der Waals surface area contributed by atoms with E-state index in [1.165, 1.54) is 16.7 Å². The summed E-state index contributed by atoms with van der Waals surface area (Å²) >= 11 is 0. The van der Waals surface area contributed by atoms with Crippen molar-refractivity contribution in [1.29, 1.82) is 0 Å². The quantitative estimate of drug-likeness (QED) is 0.322. The first-order chi connectivity index (χ1) is 16.5. The van der Waals surface area contributed by atoms with E-state index in [0.29, 0.717) is 6.61 Å². The largest absolute Gasteiger partial charge is 0.497 e. The predicted octanol–water partition coefficient (Wildman–Crippen LogP) is 6.92. The monoisotopic (exact) mass is 495 g/mol. The molecule has 0 saturated heterocycles. The van der Waals surface area contributed by atoms with Gasteiger partial charge in [-0.1, -0.05) is 62.4 Å². The zero-order valence-electron chi connectivity index (χ0n) is 21.5. The van der Waals surface area contributed by atoms with Crippen LogP contribution in [0.25, 0.3) is 0 Å². The molecule has 1 aliphatic rings. The Labute approximate surface area is 216 Å². The molecule has 1 aliphatic heterocycles. The van der Waals surface area contributed by atoms with E-state index in [1.54, 1.807) is 7.11 Å². The van der Waals surface area contributed by atoms with Gasteiger partial charge in [-0.15, -0.1) is 12.4 Å². The van der Waals surface area contributed by atoms with E-state index in [4.69, 9.17) is 14.2 Å². The van der Waals surface area contributed by atoms with Crippen molar-refractivity contribution in [2.75, 3.05) is 33.4 Å². The molecule has 188 valence electrons. The van der Waals surface area contributed by atoms with Crippen LogP contribution in [-0.4, -0.2) is 43.9 Å². The SMILES string of the molecule is CCN(CC)CCOc1ccc([C@@H]2c3ccc(OC)cc3OC(C)(C)[C@H]2c2ccccc2)cc1.Cl. The third-order valence-electron chi connectivity index (χ3n) is 6.98. The van der Waals surface area contributed by atoms with Gasteiger partial charge in [-0.2, -0.15) is 0 Å². The minimum atomic E-state index is -0.398. The maximum atomic E-state index is 6.59. The van der Waals surface area contributed by atoms with Crippen LogP contribution in [0.3, 0.4) is 0 Å². The Kier molecular flexibility index (Phi) is 9.09. The molecule has 0 radical (unpaired) electrons. The van der Waals surface area contributed by atoms with Gasteiger partial charge in [0.15, 0.2) is 0 Å². The zero-order chi connectivity index (χ0) is 24.1. The van der Waals surface area contributed by atoms with Crippen molar-refractivity contribution in [3.63, 3.8) is 0 Å². The predicted molar refractivity (Wildman–Crippen MR) is 146 cm³/mol. The lowest BCUT2D eigenvalue weighted by molar-refractivity contribution is 0.0528. The molecule has 3 aromatic rings. The summed E-state index contributed by atoms with van der Waals surface area (Å²) in [6.07, 6.45) is 0. The molecule has 0 amide bonds. The van der Waals surface area contributed by atoms with E-state index >= 15 is 0 Å². The van der Waals surface area contributed by atoms with Crippen LogP contribution in [0.15, 0.2) is 72.8 Å². The highest BCUT2D eigenvalue weighted by Crippen LogP contribution is 2.53. The van der Waals surface area contributed by atoms with Crippen molar-refractivity contribution in [3.8, 4) is 17.2 Å². The first-order valence-electron chi connectivity index (χ1n) is 12.3. The number of ether oxygens (including phenoxy) is 3. The van der Waals surface area contributed by atoms with E-state index in [0.717, 1.165) is 36.9 Å². The summed E-state index contributed by atoms with van der Waals surface area (Å²) in [6.45, 7) is 12.5. The number of rotatable bonds is 9. The maximum Gasteiger partial charge on any atom is 0.127 e. The first kappa shape index (κ1) is 26.9. The summed E-state index contributed by atoms with van der Waals surface area (Å²) in [7, 11) is 1.69. The molecule has 5 heteroatoms. The summed E-state index contributed by atoms with van der Waals surface area (Å²) in [5.74, 6) is 2.92. The van der Waals surface area contributed by atoms with Gasteiger partial charge in [0.05, 0.1) is 7.11 Å². The average Bonchev–Trinajstić information content (AvgIpc) is 2.86. The van der Waals surface area contributed by atoms with Crippen LogP contribution in [0.2, 0.25) is 0 Å². The van der Waals surface area contributed by atoms with E-state index in [-0.39, 0.29) is 24.2 Å². The van der Waals surface area contributed by atoms with Gasteiger partial charge in [-0.25, -0.2) is 0 Å². The molecule has 0 saturated carbocycles. The van der Waals surface area contributed by atoms with Crippen molar-refractivity contribution in [1.82, 2.24) is 4.90 Å². The van der Waals surface area contributed by atoms with E-state index < -0.39 is 5.60 Å². The van der Waals surface area contributed by atoms with E-state index in [9.17, 15) is 0 Å². The van der Waals surface area contributed by atoms with Crippen molar-refractivity contribution >= 4 is 12.4 Å². The molecule has 1 heterocycles. The number of hydrogen-bond acceptors (Lipinski definition) is 4. The van der Waals surface area contributed by atoms with Gasteiger partial charge in [0.1, 0.15) is 29.5 Å². The van der Waals surface area contributed by atoms with Gasteiger partial charge in [0.2, 0.25) is 0 Å². The molecule has 4 rings (SSSR count). The molecular formula is C30H38ClNO3. The second-order valence-corrected chi connectivity index (χ2v) is 9.42. The van der Waals surface area contributed by atoms with E-state index in [2.05, 4.69) is 93.3 Å². The summed E-state index contributed by atoms with van der Waals surface area (Å²) in [5, 5.41) is 0. The lowest BCUT2D eigenvalue weighted by Gasteiger charge is -2.45. The Morgan fingerprint density at radius 1 is 0.857 bits per heavy atom. The fourth-order valence-electron chi connectivity index (χ4n) is 5.14. The third-order valence-corrected chi connectivity index (χ3v) is 6.98. The number of methoxy groups -OCH3 is 1. The average molecular weight is 496 g/mol. The Bertz CT molecular complexity index is 1060. The van der Waals surface area contributed by atoms with E-state index in [1.807, 2.05) is 12.1 Å². The summed E-state index contributed by atoms with van der Waals surface area (Å²) in [6, 6.07) is 25.5. The second kappa shape index (κ2) is 11.8. The minimum absolute atomic E-state index is 0. The molecule has 0 N–H and O–H groups in total. The maximum absolute atomic E-state index is 6.59. The van der Waals surface area contributed by atoms with Crippen LogP contribution in [0.1, 0.15) is 56.2 Å². The Balaban J connectivity index is 0.00000342. The van der Waals surface area contributed by atoms with Gasteiger partial charge >= 0.3 is 0 Å². The second-order valence-electron chi connectivity index (χ2n) is 9.42. The molecule has 0 unspecified atom stereocenters. The molecule has 0 fully saturated rings. The van der Waals surface area contributed by atoms with Crippen molar-refractivity contribution in [2.24, 2.45) is 0 Å². The number of hydrogen-bond donors (Lipinski definition) is 0. The lowest BCUT2D eigenvalue weighted by atomic mass is 9.68. The highest BCUT2D eigenvalue weighted by molar-refractivity contribution is 5.85. The highest BCUT2D eigenvalue weighted by Gasteiger charge is 2.45. The number of nitrogens with zero attached hydrogens (tertiary/aromatic N) is 1. The molecule has 3 aromatic carbocycles. The molecule has 0 aliphatic carbocycles. The first-order valence-corrected chi connectivity index (χ1v) is 12.3. The fourth-order valence-corrected chi connectivity index (χ4v) is 5.14. The van der Waals surface area contributed by atoms with Crippen LogP contribution < -0.4 is 14.2 Å². The molecule has 35 heavy (non-hydrogen) atoms. The van der Waals surface area contributed by atoms with Crippen molar-refractivity contribution in [2.45, 2.75) is 45.1 Å². The van der Waals surface area contributed by atoms with Crippen molar-refractivity contribution < 1.29 is 14.2 Å². The number of likely N-dealkylation sites (N-methyl/N-ethyl adjacent to an activating group) is 1. The van der Waals surface area contributed by atoms with Gasteiger partial charge < -0.3 is 19.1 Å². The molecule has 0 spiro atoms.